The molecule has 0 fully saturated rings. The van der Waals surface area contributed by atoms with E-state index in [9.17, 15) is 4.79 Å². The molecule has 0 aliphatic rings. The molecule has 0 unspecified atom stereocenters. The molecule has 1 aromatic heterocycles. The molecule has 0 aliphatic carbocycles. The lowest BCUT2D eigenvalue weighted by Gasteiger charge is -2.10. The molecular formula is C13H12BrN3O2S. The van der Waals surface area contributed by atoms with Crippen LogP contribution in [0.5, 0.6) is 0 Å². The summed E-state index contributed by atoms with van der Waals surface area (Å²) >= 11 is 4.70. The van der Waals surface area contributed by atoms with Crippen LogP contribution in [-0.4, -0.2) is 17.0 Å². The van der Waals surface area contributed by atoms with Crippen LogP contribution in [0.3, 0.4) is 0 Å². The van der Waals surface area contributed by atoms with Crippen molar-refractivity contribution < 1.29 is 10.0 Å². The van der Waals surface area contributed by atoms with Crippen LogP contribution in [0, 0.1) is 6.92 Å². The van der Waals surface area contributed by atoms with Gasteiger partial charge in [0.2, 0.25) is 0 Å². The quantitative estimate of drug-likeness (QED) is 0.342. The highest BCUT2D eigenvalue weighted by atomic mass is 79.9. The van der Waals surface area contributed by atoms with Crippen LogP contribution in [0.2, 0.25) is 0 Å². The van der Waals surface area contributed by atoms with Crippen LogP contribution in [0.1, 0.15) is 20.8 Å². The van der Waals surface area contributed by atoms with Gasteiger partial charge in [0.1, 0.15) is 0 Å². The maximum absolute atomic E-state index is 12.2. The molecular weight excluding hydrogens is 342 g/mol. The minimum Gasteiger partial charge on any atom is -0.409 e. The number of amidine groups is 1. The number of benzene rings is 1. The van der Waals surface area contributed by atoms with E-state index in [1.165, 1.54) is 11.3 Å². The number of anilines is 1. The van der Waals surface area contributed by atoms with E-state index in [0.29, 0.717) is 16.1 Å². The number of hydrogen-bond acceptors (Lipinski definition) is 4. The number of carbonyl (C=O) groups is 1. The van der Waals surface area contributed by atoms with Gasteiger partial charge in [-0.05, 0) is 42.1 Å². The number of nitrogens with two attached hydrogens (primary N) is 1. The summed E-state index contributed by atoms with van der Waals surface area (Å²) in [5.41, 5.74) is 7.45. The minimum absolute atomic E-state index is 0.0595. The van der Waals surface area contributed by atoms with Crippen molar-refractivity contribution in [2.24, 2.45) is 10.9 Å². The first kappa shape index (κ1) is 14.5. The van der Waals surface area contributed by atoms with E-state index >= 15 is 0 Å². The number of carbonyl (C=O) groups excluding carboxylic acids is 1. The fourth-order valence-electron chi connectivity index (χ4n) is 1.68. The summed E-state index contributed by atoms with van der Waals surface area (Å²) in [6, 6.07) is 6.99. The lowest BCUT2D eigenvalue weighted by molar-refractivity contribution is 0.103. The number of halogens is 1. The Bertz CT molecular complexity index is 682. The molecule has 1 amide bonds. The van der Waals surface area contributed by atoms with Crippen molar-refractivity contribution in [3.63, 3.8) is 0 Å². The number of nitrogens with one attached hydrogen (secondary N) is 1. The van der Waals surface area contributed by atoms with Crippen molar-refractivity contribution in [1.82, 2.24) is 0 Å². The zero-order valence-electron chi connectivity index (χ0n) is 10.6. The fraction of sp³-hybridized carbons (Fsp3) is 0.0769. The lowest BCUT2D eigenvalue weighted by Crippen LogP contribution is -2.19. The number of amides is 1. The predicted molar refractivity (Wildman–Crippen MR) is 83.7 cm³/mol. The normalized spacial score (nSPS) is 11.4. The molecule has 0 aliphatic heterocycles. The van der Waals surface area contributed by atoms with E-state index in [-0.39, 0.29) is 11.7 Å². The number of rotatable bonds is 3. The Labute approximate surface area is 128 Å². The van der Waals surface area contributed by atoms with Crippen molar-refractivity contribution in [2.45, 2.75) is 6.92 Å². The van der Waals surface area contributed by atoms with Crippen molar-refractivity contribution in [2.75, 3.05) is 5.32 Å². The van der Waals surface area contributed by atoms with Gasteiger partial charge in [0.15, 0.2) is 5.84 Å². The average molecular weight is 354 g/mol. The maximum atomic E-state index is 12.2. The van der Waals surface area contributed by atoms with Crippen LogP contribution < -0.4 is 11.1 Å². The van der Waals surface area contributed by atoms with E-state index in [1.807, 2.05) is 18.4 Å². The number of hydrogen-bond donors (Lipinski definition) is 3. The van der Waals surface area contributed by atoms with Gasteiger partial charge in [0.05, 0.1) is 10.6 Å². The summed E-state index contributed by atoms with van der Waals surface area (Å²) in [7, 11) is 0. The van der Waals surface area contributed by atoms with Crippen molar-refractivity contribution in [3.8, 4) is 0 Å². The first-order valence-corrected chi connectivity index (χ1v) is 7.33. The van der Waals surface area contributed by atoms with Crippen LogP contribution >= 0.6 is 27.3 Å². The third-order valence-electron chi connectivity index (χ3n) is 2.68. The topological polar surface area (TPSA) is 87.7 Å². The second kappa shape index (κ2) is 6.06. The smallest absolute Gasteiger partial charge is 0.266 e. The van der Waals surface area contributed by atoms with Gasteiger partial charge < -0.3 is 16.3 Å². The van der Waals surface area contributed by atoms with Gasteiger partial charge in [-0.3, -0.25) is 4.79 Å². The molecule has 0 radical (unpaired) electrons. The summed E-state index contributed by atoms with van der Waals surface area (Å²) in [5.74, 6) is -0.279. The van der Waals surface area contributed by atoms with Crippen LogP contribution in [0.15, 0.2) is 39.3 Å². The zero-order chi connectivity index (χ0) is 14.7. The Balaban J connectivity index is 2.36. The first-order valence-electron chi connectivity index (χ1n) is 5.66. The van der Waals surface area contributed by atoms with E-state index < -0.39 is 0 Å². The summed E-state index contributed by atoms with van der Waals surface area (Å²) in [4.78, 5) is 12.8. The van der Waals surface area contributed by atoms with Gasteiger partial charge in [0, 0.05) is 10.0 Å². The molecule has 5 nitrogen and oxygen atoms in total. The molecule has 0 saturated carbocycles. The molecule has 4 N–H and O–H groups in total. The Kier molecular flexibility index (Phi) is 4.41. The number of aryl methyl sites for hydroxylation is 1. The molecule has 0 spiro atoms. The Morgan fingerprint density at radius 1 is 1.45 bits per heavy atom. The second-order valence-corrected chi connectivity index (χ2v) is 5.89. The van der Waals surface area contributed by atoms with Gasteiger partial charge in [-0.1, -0.05) is 21.1 Å². The average Bonchev–Trinajstić information content (AvgIpc) is 2.84. The van der Waals surface area contributed by atoms with Crippen molar-refractivity contribution in [1.29, 1.82) is 0 Å². The summed E-state index contributed by atoms with van der Waals surface area (Å²) in [5, 5.41) is 16.4. The molecule has 2 aromatic rings. The van der Waals surface area contributed by atoms with Crippen LogP contribution in [0.25, 0.3) is 0 Å². The monoisotopic (exact) mass is 353 g/mol. The SMILES string of the molecule is Cc1ccsc1C(=O)Nc1cc(Br)ccc1/C(N)=N/O. The van der Waals surface area contributed by atoms with Gasteiger partial charge in [0.25, 0.3) is 5.91 Å². The lowest BCUT2D eigenvalue weighted by atomic mass is 10.1. The van der Waals surface area contributed by atoms with E-state index in [1.54, 1.807) is 18.2 Å². The van der Waals surface area contributed by atoms with Crippen molar-refractivity contribution >= 4 is 44.7 Å². The summed E-state index contributed by atoms with van der Waals surface area (Å²) in [6.07, 6.45) is 0. The van der Waals surface area contributed by atoms with Gasteiger partial charge in [-0.15, -0.1) is 11.3 Å². The van der Waals surface area contributed by atoms with Crippen LogP contribution in [-0.2, 0) is 0 Å². The molecule has 7 heteroatoms. The fourth-order valence-corrected chi connectivity index (χ4v) is 2.86. The number of oxime groups is 1. The second-order valence-electron chi connectivity index (χ2n) is 4.06. The van der Waals surface area contributed by atoms with E-state index in [2.05, 4.69) is 26.4 Å². The Morgan fingerprint density at radius 3 is 2.80 bits per heavy atom. The van der Waals surface area contributed by atoms with Gasteiger partial charge in [-0.25, -0.2) is 0 Å². The third kappa shape index (κ3) is 3.00. The highest BCUT2D eigenvalue weighted by molar-refractivity contribution is 9.10. The van der Waals surface area contributed by atoms with E-state index in [0.717, 1.165) is 10.0 Å². The Hall–Kier alpha value is -1.86. The predicted octanol–water partition coefficient (Wildman–Crippen LogP) is 3.17. The largest absolute Gasteiger partial charge is 0.409 e. The molecule has 2 rings (SSSR count). The number of nitrogens with zero attached hydrogens (tertiary/aromatic N) is 1. The molecule has 0 atom stereocenters. The minimum atomic E-state index is -0.220. The third-order valence-corrected chi connectivity index (χ3v) is 4.19. The zero-order valence-corrected chi connectivity index (χ0v) is 13.0. The highest BCUT2D eigenvalue weighted by Crippen LogP contribution is 2.24. The first-order chi connectivity index (χ1) is 9.52. The molecule has 104 valence electrons. The summed E-state index contributed by atoms with van der Waals surface area (Å²) in [6.45, 7) is 1.87. The molecule has 1 heterocycles. The van der Waals surface area contributed by atoms with Crippen molar-refractivity contribution in [3.05, 3.63) is 50.1 Å². The standard InChI is InChI=1S/C13H12BrN3O2S/c1-7-4-5-20-11(7)13(18)16-10-6-8(14)2-3-9(10)12(15)17-19/h2-6,19H,1H3,(H2,15,17)(H,16,18). The van der Waals surface area contributed by atoms with Gasteiger partial charge >= 0.3 is 0 Å². The van der Waals surface area contributed by atoms with E-state index in [4.69, 9.17) is 10.9 Å². The molecule has 0 saturated heterocycles. The molecule has 20 heavy (non-hydrogen) atoms. The number of thiophene rings is 1. The highest BCUT2D eigenvalue weighted by Gasteiger charge is 2.14. The summed E-state index contributed by atoms with van der Waals surface area (Å²) < 4.78 is 0.783. The molecule has 1 aromatic carbocycles. The van der Waals surface area contributed by atoms with Gasteiger partial charge in [-0.2, -0.15) is 0 Å². The molecule has 0 bridgehead atoms. The Morgan fingerprint density at radius 2 is 2.20 bits per heavy atom. The van der Waals surface area contributed by atoms with Crippen LogP contribution in [0.4, 0.5) is 5.69 Å². The maximum Gasteiger partial charge on any atom is 0.266 e.